The van der Waals surface area contributed by atoms with Crippen LogP contribution in [0.25, 0.3) is 0 Å². The molecule has 0 aliphatic carbocycles. The number of hydrogen-bond donors (Lipinski definition) is 1. The topological polar surface area (TPSA) is 51.2 Å². The van der Waals surface area contributed by atoms with Crippen molar-refractivity contribution in [1.82, 2.24) is 4.98 Å². The zero-order chi connectivity index (χ0) is 17.5. The standard InChI is InChI=1S/C21H20N2O2/c1-2-16-12-13-22-20(14-16)23-21(24)18-8-10-19(11-9-18)25-15-17-6-4-3-5-7-17/h3-14H,2,15H2,1H3,(H,22,23,24). The van der Waals surface area contributed by atoms with Gasteiger partial charge in [-0.05, 0) is 53.9 Å². The lowest BCUT2D eigenvalue weighted by atomic mass is 10.2. The van der Waals surface area contributed by atoms with Crippen molar-refractivity contribution in [3.63, 3.8) is 0 Å². The largest absolute Gasteiger partial charge is 0.489 e. The summed E-state index contributed by atoms with van der Waals surface area (Å²) in [4.78, 5) is 16.5. The summed E-state index contributed by atoms with van der Waals surface area (Å²) in [6, 6.07) is 20.9. The number of anilines is 1. The number of carbonyl (C=O) groups is 1. The molecule has 0 unspecified atom stereocenters. The molecule has 4 nitrogen and oxygen atoms in total. The zero-order valence-electron chi connectivity index (χ0n) is 14.1. The van der Waals surface area contributed by atoms with E-state index < -0.39 is 0 Å². The lowest BCUT2D eigenvalue weighted by molar-refractivity contribution is 0.102. The third kappa shape index (κ3) is 4.67. The minimum absolute atomic E-state index is 0.185. The van der Waals surface area contributed by atoms with Crippen LogP contribution in [0.5, 0.6) is 5.75 Å². The summed E-state index contributed by atoms with van der Waals surface area (Å²) in [5.41, 5.74) is 2.80. The second-order valence-corrected chi connectivity index (χ2v) is 5.66. The highest BCUT2D eigenvalue weighted by Crippen LogP contribution is 2.16. The summed E-state index contributed by atoms with van der Waals surface area (Å²) in [5, 5.41) is 2.82. The van der Waals surface area contributed by atoms with Gasteiger partial charge in [-0.25, -0.2) is 4.98 Å². The Balaban J connectivity index is 1.60. The molecule has 2 aromatic carbocycles. The van der Waals surface area contributed by atoms with Crippen molar-refractivity contribution in [1.29, 1.82) is 0 Å². The second-order valence-electron chi connectivity index (χ2n) is 5.66. The molecule has 0 fully saturated rings. The van der Waals surface area contributed by atoms with E-state index in [1.54, 1.807) is 30.5 Å². The number of nitrogens with zero attached hydrogens (tertiary/aromatic N) is 1. The lowest BCUT2D eigenvalue weighted by Crippen LogP contribution is -2.13. The Kier molecular flexibility index (Phi) is 5.42. The fourth-order valence-electron chi connectivity index (χ4n) is 2.39. The van der Waals surface area contributed by atoms with E-state index in [1.165, 1.54) is 0 Å². The van der Waals surface area contributed by atoms with E-state index in [0.29, 0.717) is 18.0 Å². The lowest BCUT2D eigenvalue weighted by Gasteiger charge is -2.08. The van der Waals surface area contributed by atoms with Crippen molar-refractivity contribution < 1.29 is 9.53 Å². The fourth-order valence-corrected chi connectivity index (χ4v) is 2.39. The van der Waals surface area contributed by atoms with Crippen LogP contribution >= 0.6 is 0 Å². The van der Waals surface area contributed by atoms with Gasteiger partial charge in [0.05, 0.1) is 0 Å². The number of aromatic nitrogens is 1. The number of amides is 1. The Morgan fingerprint density at radius 3 is 2.48 bits per heavy atom. The third-order valence-corrected chi connectivity index (χ3v) is 3.84. The van der Waals surface area contributed by atoms with E-state index in [-0.39, 0.29) is 5.91 Å². The van der Waals surface area contributed by atoms with Gasteiger partial charge < -0.3 is 10.1 Å². The molecule has 1 aromatic heterocycles. The molecule has 1 amide bonds. The zero-order valence-corrected chi connectivity index (χ0v) is 14.1. The number of hydrogen-bond acceptors (Lipinski definition) is 3. The summed E-state index contributed by atoms with van der Waals surface area (Å²) in [6.45, 7) is 2.56. The van der Waals surface area contributed by atoms with Crippen LogP contribution in [0.1, 0.15) is 28.4 Å². The first-order valence-electron chi connectivity index (χ1n) is 8.27. The molecular formula is C21H20N2O2. The van der Waals surface area contributed by atoms with Gasteiger partial charge in [0.2, 0.25) is 0 Å². The van der Waals surface area contributed by atoms with E-state index >= 15 is 0 Å². The Bertz CT molecular complexity index is 830. The summed E-state index contributed by atoms with van der Waals surface area (Å²) in [6.07, 6.45) is 2.60. The number of rotatable bonds is 6. The van der Waals surface area contributed by atoms with Gasteiger partial charge in [-0.2, -0.15) is 0 Å². The van der Waals surface area contributed by atoms with E-state index in [4.69, 9.17) is 4.74 Å². The number of ether oxygens (including phenoxy) is 1. The van der Waals surface area contributed by atoms with Crippen LogP contribution in [-0.4, -0.2) is 10.9 Å². The van der Waals surface area contributed by atoms with Crippen LogP contribution in [-0.2, 0) is 13.0 Å². The van der Waals surface area contributed by atoms with Crippen LogP contribution in [0.2, 0.25) is 0 Å². The molecule has 0 bridgehead atoms. The highest BCUT2D eigenvalue weighted by atomic mass is 16.5. The minimum atomic E-state index is -0.185. The monoisotopic (exact) mass is 332 g/mol. The smallest absolute Gasteiger partial charge is 0.256 e. The van der Waals surface area contributed by atoms with E-state index in [0.717, 1.165) is 23.3 Å². The van der Waals surface area contributed by atoms with Crippen molar-refractivity contribution in [2.24, 2.45) is 0 Å². The van der Waals surface area contributed by atoms with Gasteiger partial charge in [0.1, 0.15) is 18.2 Å². The van der Waals surface area contributed by atoms with Crippen LogP contribution in [0, 0.1) is 0 Å². The molecular weight excluding hydrogens is 312 g/mol. The Labute approximate surface area is 147 Å². The molecule has 3 rings (SSSR count). The average molecular weight is 332 g/mol. The van der Waals surface area contributed by atoms with Gasteiger partial charge in [0, 0.05) is 11.8 Å². The molecule has 0 aliphatic heterocycles. The molecule has 1 N–H and O–H groups in total. The fraction of sp³-hybridized carbons (Fsp3) is 0.143. The number of nitrogens with one attached hydrogen (secondary N) is 1. The molecule has 0 spiro atoms. The van der Waals surface area contributed by atoms with Gasteiger partial charge >= 0.3 is 0 Å². The Hall–Kier alpha value is -3.14. The molecule has 0 saturated heterocycles. The maximum atomic E-state index is 12.3. The summed E-state index contributed by atoms with van der Waals surface area (Å²) < 4.78 is 5.73. The third-order valence-electron chi connectivity index (χ3n) is 3.84. The Morgan fingerprint density at radius 1 is 1.00 bits per heavy atom. The first-order valence-corrected chi connectivity index (χ1v) is 8.27. The molecule has 0 atom stereocenters. The number of benzene rings is 2. The average Bonchev–Trinajstić information content (AvgIpc) is 2.67. The predicted octanol–water partition coefficient (Wildman–Crippen LogP) is 4.48. The highest BCUT2D eigenvalue weighted by molar-refractivity contribution is 6.03. The summed E-state index contributed by atoms with van der Waals surface area (Å²) in [5.74, 6) is 1.11. The maximum absolute atomic E-state index is 12.3. The first-order chi connectivity index (χ1) is 12.2. The van der Waals surface area contributed by atoms with Crippen molar-refractivity contribution in [3.8, 4) is 5.75 Å². The van der Waals surface area contributed by atoms with Gasteiger partial charge in [-0.3, -0.25) is 4.79 Å². The van der Waals surface area contributed by atoms with E-state index in [1.807, 2.05) is 42.5 Å². The molecule has 25 heavy (non-hydrogen) atoms. The van der Waals surface area contributed by atoms with E-state index in [2.05, 4.69) is 17.2 Å². The summed E-state index contributed by atoms with van der Waals surface area (Å²) >= 11 is 0. The van der Waals surface area contributed by atoms with Gasteiger partial charge in [-0.15, -0.1) is 0 Å². The maximum Gasteiger partial charge on any atom is 0.256 e. The molecule has 1 heterocycles. The van der Waals surface area contributed by atoms with Crippen LogP contribution in [0.3, 0.4) is 0 Å². The van der Waals surface area contributed by atoms with Crippen LogP contribution < -0.4 is 10.1 Å². The quantitative estimate of drug-likeness (QED) is 0.724. The molecule has 4 heteroatoms. The van der Waals surface area contributed by atoms with Crippen LogP contribution in [0.4, 0.5) is 5.82 Å². The number of carbonyl (C=O) groups excluding carboxylic acids is 1. The predicted molar refractivity (Wildman–Crippen MR) is 98.8 cm³/mol. The Morgan fingerprint density at radius 2 is 1.76 bits per heavy atom. The number of pyridine rings is 1. The molecule has 0 radical (unpaired) electrons. The molecule has 0 aliphatic rings. The van der Waals surface area contributed by atoms with E-state index in [9.17, 15) is 4.79 Å². The van der Waals surface area contributed by atoms with Crippen molar-refractivity contribution in [2.45, 2.75) is 20.0 Å². The van der Waals surface area contributed by atoms with Crippen molar-refractivity contribution in [2.75, 3.05) is 5.32 Å². The second kappa shape index (κ2) is 8.11. The van der Waals surface area contributed by atoms with Gasteiger partial charge in [-0.1, -0.05) is 37.3 Å². The normalized spacial score (nSPS) is 10.3. The van der Waals surface area contributed by atoms with Gasteiger partial charge in [0.25, 0.3) is 5.91 Å². The van der Waals surface area contributed by atoms with Crippen molar-refractivity contribution in [3.05, 3.63) is 89.6 Å². The molecule has 0 saturated carbocycles. The SMILES string of the molecule is CCc1ccnc(NC(=O)c2ccc(OCc3ccccc3)cc2)c1. The first kappa shape index (κ1) is 16.7. The highest BCUT2D eigenvalue weighted by Gasteiger charge is 2.07. The minimum Gasteiger partial charge on any atom is -0.489 e. The van der Waals surface area contributed by atoms with Crippen molar-refractivity contribution >= 4 is 11.7 Å². The van der Waals surface area contributed by atoms with Gasteiger partial charge in [0.15, 0.2) is 0 Å². The van der Waals surface area contributed by atoms with Crippen LogP contribution in [0.15, 0.2) is 72.9 Å². The summed E-state index contributed by atoms with van der Waals surface area (Å²) in [7, 11) is 0. The molecule has 3 aromatic rings. The molecule has 126 valence electrons. The number of aryl methyl sites for hydroxylation is 1.